The van der Waals surface area contributed by atoms with Crippen LogP contribution in [0.5, 0.6) is 5.75 Å². The maximum Gasteiger partial charge on any atom is 0.177 e. The first-order valence-electron chi connectivity index (χ1n) is 5.73. The van der Waals surface area contributed by atoms with Crippen LogP contribution in [0.4, 0.5) is 5.69 Å². The van der Waals surface area contributed by atoms with E-state index in [0.29, 0.717) is 17.9 Å². The Kier molecular flexibility index (Phi) is 2.48. The first kappa shape index (κ1) is 10.8. The van der Waals surface area contributed by atoms with E-state index in [1.54, 1.807) is 12.3 Å². The number of pyridine rings is 1. The van der Waals surface area contributed by atoms with Crippen LogP contribution < -0.4 is 10.5 Å². The molecule has 18 heavy (non-hydrogen) atoms. The van der Waals surface area contributed by atoms with Crippen LogP contribution in [0.1, 0.15) is 21.8 Å². The normalized spacial score (nSPS) is 17.0. The summed E-state index contributed by atoms with van der Waals surface area (Å²) in [6.45, 7) is 0.368. The monoisotopic (exact) mass is 240 g/mol. The van der Waals surface area contributed by atoms with Crippen molar-refractivity contribution in [3.8, 4) is 5.75 Å². The lowest BCUT2D eigenvalue weighted by molar-refractivity contribution is 0.0948. The van der Waals surface area contributed by atoms with E-state index < -0.39 is 0 Å². The summed E-state index contributed by atoms with van der Waals surface area (Å²) in [6, 6.07) is 9.21. The zero-order valence-corrected chi connectivity index (χ0v) is 9.67. The van der Waals surface area contributed by atoms with Crippen molar-refractivity contribution in [1.82, 2.24) is 4.98 Å². The number of Topliss-reactive ketones (excluding diaryl/α,β-unsaturated/α-hetero) is 1. The minimum Gasteiger partial charge on any atom is -0.492 e. The number of hydrogen-bond donors (Lipinski definition) is 1. The standard InChI is InChI=1S/C14H12N2O2/c15-12-5-6-16-7-10(12)14(17)11-8-18-13-4-2-1-3-9(11)13/h1-7,11H,8H2,(H2,15,16). The highest BCUT2D eigenvalue weighted by Crippen LogP contribution is 2.36. The molecule has 0 saturated carbocycles. The first-order valence-corrected chi connectivity index (χ1v) is 5.73. The highest BCUT2D eigenvalue weighted by molar-refractivity contribution is 6.05. The van der Waals surface area contributed by atoms with Gasteiger partial charge in [-0.1, -0.05) is 18.2 Å². The number of para-hydroxylation sites is 1. The Morgan fingerprint density at radius 1 is 1.33 bits per heavy atom. The summed E-state index contributed by atoms with van der Waals surface area (Å²) in [6.07, 6.45) is 3.09. The molecule has 1 aliphatic rings. The molecule has 1 aliphatic heterocycles. The van der Waals surface area contributed by atoms with Crippen LogP contribution in [-0.4, -0.2) is 17.4 Å². The van der Waals surface area contributed by atoms with E-state index in [1.807, 2.05) is 24.3 Å². The predicted octanol–water partition coefficient (Wildman–Crippen LogP) is 2.02. The maximum atomic E-state index is 12.4. The number of anilines is 1. The van der Waals surface area contributed by atoms with Gasteiger partial charge >= 0.3 is 0 Å². The summed E-state index contributed by atoms with van der Waals surface area (Å²) in [7, 11) is 0. The fourth-order valence-corrected chi connectivity index (χ4v) is 2.18. The Morgan fingerprint density at radius 2 is 2.17 bits per heavy atom. The predicted molar refractivity (Wildman–Crippen MR) is 67.7 cm³/mol. The number of carbonyl (C=O) groups excluding carboxylic acids is 1. The lowest BCUT2D eigenvalue weighted by atomic mass is 9.92. The third kappa shape index (κ3) is 1.62. The largest absolute Gasteiger partial charge is 0.492 e. The lowest BCUT2D eigenvalue weighted by Gasteiger charge is -2.09. The van der Waals surface area contributed by atoms with Crippen LogP contribution in [0.2, 0.25) is 0 Å². The molecule has 90 valence electrons. The molecule has 1 unspecified atom stereocenters. The topological polar surface area (TPSA) is 65.2 Å². The summed E-state index contributed by atoms with van der Waals surface area (Å²) in [5, 5.41) is 0. The van der Waals surface area contributed by atoms with Crippen LogP contribution in [0.25, 0.3) is 0 Å². The molecule has 2 aromatic rings. The molecule has 2 N–H and O–H groups in total. The van der Waals surface area contributed by atoms with Crippen molar-refractivity contribution in [3.63, 3.8) is 0 Å². The number of nitrogen functional groups attached to an aromatic ring is 1. The third-order valence-corrected chi connectivity index (χ3v) is 3.14. The Labute approximate surface area is 104 Å². The maximum absolute atomic E-state index is 12.4. The summed E-state index contributed by atoms with van der Waals surface area (Å²) < 4.78 is 5.51. The van der Waals surface area contributed by atoms with Crippen LogP contribution in [0, 0.1) is 0 Å². The van der Waals surface area contributed by atoms with Gasteiger partial charge in [-0.2, -0.15) is 0 Å². The number of ketones is 1. The summed E-state index contributed by atoms with van der Waals surface area (Å²) >= 11 is 0. The molecule has 2 heterocycles. The van der Waals surface area contributed by atoms with Gasteiger partial charge in [0.1, 0.15) is 12.4 Å². The van der Waals surface area contributed by atoms with Gasteiger partial charge in [0.05, 0.1) is 11.5 Å². The highest BCUT2D eigenvalue weighted by Gasteiger charge is 2.31. The molecule has 0 saturated heterocycles. The van der Waals surface area contributed by atoms with Gasteiger partial charge in [-0.15, -0.1) is 0 Å². The van der Waals surface area contributed by atoms with Gasteiger partial charge in [0.2, 0.25) is 0 Å². The van der Waals surface area contributed by atoms with Crippen LogP contribution in [0.3, 0.4) is 0 Å². The molecule has 0 bridgehead atoms. The smallest absolute Gasteiger partial charge is 0.177 e. The van der Waals surface area contributed by atoms with Crippen molar-refractivity contribution >= 4 is 11.5 Å². The average Bonchev–Trinajstić information content (AvgIpc) is 2.82. The molecular weight excluding hydrogens is 228 g/mol. The number of carbonyl (C=O) groups is 1. The minimum absolute atomic E-state index is 0.0365. The molecule has 0 radical (unpaired) electrons. The second-order valence-corrected chi connectivity index (χ2v) is 4.23. The average molecular weight is 240 g/mol. The van der Waals surface area contributed by atoms with Crippen LogP contribution in [-0.2, 0) is 0 Å². The van der Waals surface area contributed by atoms with Crippen molar-refractivity contribution < 1.29 is 9.53 Å². The zero-order valence-electron chi connectivity index (χ0n) is 9.67. The zero-order chi connectivity index (χ0) is 12.5. The van der Waals surface area contributed by atoms with Crippen molar-refractivity contribution in [1.29, 1.82) is 0 Å². The molecule has 0 aliphatic carbocycles. The number of benzene rings is 1. The number of ether oxygens (including phenoxy) is 1. The van der Waals surface area contributed by atoms with Gasteiger partial charge in [0.15, 0.2) is 5.78 Å². The number of nitrogens with two attached hydrogens (primary N) is 1. The van der Waals surface area contributed by atoms with Crippen molar-refractivity contribution in [3.05, 3.63) is 53.9 Å². The van der Waals surface area contributed by atoms with Crippen molar-refractivity contribution in [2.24, 2.45) is 0 Å². The van der Waals surface area contributed by atoms with Crippen molar-refractivity contribution in [2.45, 2.75) is 5.92 Å². The van der Waals surface area contributed by atoms with E-state index in [9.17, 15) is 4.79 Å². The number of hydrogen-bond acceptors (Lipinski definition) is 4. The van der Waals surface area contributed by atoms with Gasteiger partial charge in [-0.05, 0) is 12.1 Å². The van der Waals surface area contributed by atoms with Crippen LogP contribution >= 0.6 is 0 Å². The van der Waals surface area contributed by atoms with E-state index in [0.717, 1.165) is 11.3 Å². The molecule has 0 amide bonds. The molecule has 3 rings (SSSR count). The molecule has 1 atom stereocenters. The fraction of sp³-hybridized carbons (Fsp3) is 0.143. The number of aromatic nitrogens is 1. The van der Waals surface area contributed by atoms with E-state index in [-0.39, 0.29) is 11.7 Å². The van der Waals surface area contributed by atoms with Gasteiger partial charge in [-0.3, -0.25) is 9.78 Å². The Balaban J connectivity index is 1.99. The number of fused-ring (bicyclic) bond motifs is 1. The second kappa shape index (κ2) is 4.14. The molecule has 0 spiro atoms. The van der Waals surface area contributed by atoms with Gasteiger partial charge < -0.3 is 10.5 Å². The summed E-state index contributed by atoms with van der Waals surface area (Å²) in [4.78, 5) is 16.4. The summed E-state index contributed by atoms with van der Waals surface area (Å²) in [5.41, 5.74) is 7.65. The molecule has 4 nitrogen and oxygen atoms in total. The van der Waals surface area contributed by atoms with E-state index in [4.69, 9.17) is 10.5 Å². The molecule has 1 aromatic heterocycles. The fourth-order valence-electron chi connectivity index (χ4n) is 2.18. The number of nitrogens with zero attached hydrogens (tertiary/aromatic N) is 1. The number of rotatable bonds is 2. The quantitative estimate of drug-likeness (QED) is 0.815. The second-order valence-electron chi connectivity index (χ2n) is 4.23. The van der Waals surface area contributed by atoms with E-state index in [1.165, 1.54) is 6.20 Å². The molecule has 4 heteroatoms. The van der Waals surface area contributed by atoms with Crippen LogP contribution in [0.15, 0.2) is 42.7 Å². The van der Waals surface area contributed by atoms with Gasteiger partial charge in [0.25, 0.3) is 0 Å². The first-order chi connectivity index (χ1) is 8.77. The Morgan fingerprint density at radius 3 is 3.00 bits per heavy atom. The minimum atomic E-state index is -0.285. The molecule has 1 aromatic carbocycles. The van der Waals surface area contributed by atoms with Gasteiger partial charge in [-0.25, -0.2) is 0 Å². The third-order valence-electron chi connectivity index (χ3n) is 3.14. The lowest BCUT2D eigenvalue weighted by Crippen LogP contribution is -2.16. The molecular formula is C14H12N2O2. The Bertz CT molecular complexity index is 610. The van der Waals surface area contributed by atoms with E-state index >= 15 is 0 Å². The van der Waals surface area contributed by atoms with Crippen molar-refractivity contribution in [2.75, 3.05) is 12.3 Å². The van der Waals surface area contributed by atoms with Gasteiger partial charge in [0, 0.05) is 23.6 Å². The molecule has 0 fully saturated rings. The Hall–Kier alpha value is -2.36. The SMILES string of the molecule is Nc1ccncc1C(=O)C1COc2ccccc21. The highest BCUT2D eigenvalue weighted by atomic mass is 16.5. The summed E-state index contributed by atoms with van der Waals surface area (Å²) in [5.74, 6) is 0.455. The van der Waals surface area contributed by atoms with E-state index in [2.05, 4.69) is 4.98 Å².